The lowest BCUT2D eigenvalue weighted by Gasteiger charge is -2.14. The minimum Gasteiger partial charge on any atom is -0.383 e. The number of nitro groups is 1. The summed E-state index contributed by atoms with van der Waals surface area (Å²) in [6.45, 7) is 3.93. The lowest BCUT2D eigenvalue weighted by atomic mass is 10.1. The van der Waals surface area contributed by atoms with E-state index in [2.05, 4.69) is 10.6 Å². The molecule has 1 aromatic rings. The Bertz CT molecular complexity index is 588. The number of non-ortho nitro benzene ring substituents is 1. The van der Waals surface area contributed by atoms with E-state index in [1.807, 2.05) is 6.92 Å². The van der Waals surface area contributed by atoms with Crippen LogP contribution in [0.2, 0.25) is 0 Å². The molecule has 1 heterocycles. The van der Waals surface area contributed by atoms with Crippen molar-refractivity contribution >= 4 is 23.2 Å². The van der Waals surface area contributed by atoms with Crippen LogP contribution in [-0.2, 0) is 9.59 Å². The van der Waals surface area contributed by atoms with Crippen LogP contribution in [-0.4, -0.2) is 47.8 Å². The van der Waals surface area contributed by atoms with Gasteiger partial charge in [-0.25, -0.2) is 0 Å². The smallest absolute Gasteiger partial charge is 0.269 e. The first-order valence-electron chi connectivity index (χ1n) is 7.55. The third-order valence-corrected chi connectivity index (χ3v) is 3.80. The fourth-order valence-electron chi connectivity index (χ4n) is 2.49. The molecule has 0 saturated carbocycles. The van der Waals surface area contributed by atoms with Crippen molar-refractivity contribution in [1.82, 2.24) is 10.2 Å². The van der Waals surface area contributed by atoms with Crippen molar-refractivity contribution in [1.29, 1.82) is 0 Å². The molecule has 2 amide bonds. The summed E-state index contributed by atoms with van der Waals surface area (Å²) in [7, 11) is 0. The molecule has 1 aliphatic heterocycles. The quantitative estimate of drug-likeness (QED) is 0.443. The number of nitro benzene ring substituents is 1. The van der Waals surface area contributed by atoms with E-state index in [1.165, 1.54) is 12.1 Å². The van der Waals surface area contributed by atoms with Gasteiger partial charge in [-0.3, -0.25) is 19.7 Å². The molecule has 0 spiro atoms. The van der Waals surface area contributed by atoms with Crippen LogP contribution in [0.3, 0.4) is 0 Å². The number of carbonyl (C=O) groups excluding carboxylic acids is 2. The van der Waals surface area contributed by atoms with Gasteiger partial charge in [0.1, 0.15) is 0 Å². The van der Waals surface area contributed by atoms with E-state index < -0.39 is 4.92 Å². The molecule has 2 N–H and O–H groups in total. The van der Waals surface area contributed by atoms with Crippen LogP contribution in [0.4, 0.5) is 11.4 Å². The third kappa shape index (κ3) is 4.41. The molecule has 1 aliphatic rings. The molecule has 8 heteroatoms. The first kappa shape index (κ1) is 16.7. The van der Waals surface area contributed by atoms with Gasteiger partial charge in [-0.1, -0.05) is 0 Å². The number of amides is 2. The molecule has 1 saturated heterocycles. The second-order valence-corrected chi connectivity index (χ2v) is 5.36. The normalized spacial score (nSPS) is 17.2. The molecule has 0 bridgehead atoms. The Morgan fingerprint density at radius 3 is 2.61 bits per heavy atom. The van der Waals surface area contributed by atoms with Gasteiger partial charge in [0.25, 0.3) is 5.69 Å². The molecule has 1 aromatic carbocycles. The summed E-state index contributed by atoms with van der Waals surface area (Å²) >= 11 is 0. The Kier molecular flexibility index (Phi) is 5.51. The second kappa shape index (κ2) is 7.57. The van der Waals surface area contributed by atoms with Crippen molar-refractivity contribution in [2.75, 3.05) is 31.5 Å². The maximum atomic E-state index is 12.0. The summed E-state index contributed by atoms with van der Waals surface area (Å²) in [6, 6.07) is 6.08. The van der Waals surface area contributed by atoms with E-state index in [-0.39, 0.29) is 29.8 Å². The average molecular weight is 320 g/mol. The van der Waals surface area contributed by atoms with Crippen LogP contribution in [0, 0.1) is 16.0 Å². The highest BCUT2D eigenvalue weighted by molar-refractivity contribution is 5.89. The van der Waals surface area contributed by atoms with E-state index in [0.717, 1.165) is 5.69 Å². The van der Waals surface area contributed by atoms with Crippen LogP contribution in [0.5, 0.6) is 0 Å². The highest BCUT2D eigenvalue weighted by Crippen LogP contribution is 2.17. The van der Waals surface area contributed by atoms with Gasteiger partial charge < -0.3 is 15.5 Å². The number of hydrogen-bond donors (Lipinski definition) is 2. The molecule has 8 nitrogen and oxygen atoms in total. The van der Waals surface area contributed by atoms with Crippen LogP contribution in [0.1, 0.15) is 13.3 Å². The predicted octanol–water partition coefficient (Wildman–Crippen LogP) is 0.991. The summed E-state index contributed by atoms with van der Waals surface area (Å²) in [4.78, 5) is 35.4. The summed E-state index contributed by atoms with van der Waals surface area (Å²) in [6.07, 6.45) is 0.273. The Morgan fingerprint density at radius 2 is 2.04 bits per heavy atom. The standard InChI is InChI=1S/C15H20N4O4/c1-2-18-10-11(9-14(18)20)15(21)17-8-7-16-12-3-5-13(6-4-12)19(22)23/h3-6,11,16H,2,7-10H2,1H3,(H,17,21)/t11-/m0/s1. The van der Waals surface area contributed by atoms with E-state index in [9.17, 15) is 19.7 Å². The van der Waals surface area contributed by atoms with Gasteiger partial charge in [0.2, 0.25) is 11.8 Å². The van der Waals surface area contributed by atoms with Crippen molar-refractivity contribution in [3.05, 3.63) is 34.4 Å². The maximum absolute atomic E-state index is 12.0. The Morgan fingerprint density at radius 1 is 1.35 bits per heavy atom. The van der Waals surface area contributed by atoms with Crippen LogP contribution >= 0.6 is 0 Å². The topological polar surface area (TPSA) is 105 Å². The molecule has 0 aliphatic carbocycles. The second-order valence-electron chi connectivity index (χ2n) is 5.36. The average Bonchev–Trinajstić information content (AvgIpc) is 2.93. The minimum absolute atomic E-state index is 0.0247. The Balaban J connectivity index is 1.70. The number of likely N-dealkylation sites (tertiary alicyclic amines) is 1. The van der Waals surface area contributed by atoms with Crippen LogP contribution in [0.15, 0.2) is 24.3 Å². The third-order valence-electron chi connectivity index (χ3n) is 3.80. The van der Waals surface area contributed by atoms with Gasteiger partial charge in [0.05, 0.1) is 10.8 Å². The number of benzene rings is 1. The Hall–Kier alpha value is -2.64. The molecular formula is C15H20N4O4. The van der Waals surface area contributed by atoms with E-state index in [4.69, 9.17) is 0 Å². The minimum atomic E-state index is -0.452. The molecule has 1 atom stereocenters. The molecule has 0 radical (unpaired) electrons. The van der Waals surface area contributed by atoms with Gasteiger partial charge in [0, 0.05) is 50.4 Å². The number of hydrogen-bond acceptors (Lipinski definition) is 5. The zero-order valence-corrected chi connectivity index (χ0v) is 12.9. The van der Waals surface area contributed by atoms with E-state index >= 15 is 0 Å². The maximum Gasteiger partial charge on any atom is 0.269 e. The van der Waals surface area contributed by atoms with Gasteiger partial charge in [0.15, 0.2) is 0 Å². The summed E-state index contributed by atoms with van der Waals surface area (Å²) < 4.78 is 0. The summed E-state index contributed by atoms with van der Waals surface area (Å²) in [5.41, 5.74) is 0.785. The van der Waals surface area contributed by atoms with Crippen LogP contribution < -0.4 is 10.6 Å². The van der Waals surface area contributed by atoms with Crippen molar-refractivity contribution in [3.8, 4) is 0 Å². The van der Waals surface area contributed by atoms with Crippen molar-refractivity contribution in [2.45, 2.75) is 13.3 Å². The van der Waals surface area contributed by atoms with E-state index in [1.54, 1.807) is 17.0 Å². The van der Waals surface area contributed by atoms with Gasteiger partial charge in [-0.2, -0.15) is 0 Å². The summed E-state index contributed by atoms with van der Waals surface area (Å²) in [5.74, 6) is -0.363. The van der Waals surface area contributed by atoms with Gasteiger partial charge in [-0.05, 0) is 19.1 Å². The molecule has 124 valence electrons. The lowest BCUT2D eigenvalue weighted by molar-refractivity contribution is -0.384. The Labute approximate surface area is 134 Å². The zero-order chi connectivity index (χ0) is 16.8. The number of carbonyl (C=O) groups is 2. The monoisotopic (exact) mass is 320 g/mol. The van der Waals surface area contributed by atoms with Crippen LogP contribution in [0.25, 0.3) is 0 Å². The molecular weight excluding hydrogens is 300 g/mol. The highest BCUT2D eigenvalue weighted by atomic mass is 16.6. The molecule has 0 unspecified atom stereocenters. The van der Waals surface area contributed by atoms with Gasteiger partial charge >= 0.3 is 0 Å². The van der Waals surface area contributed by atoms with E-state index in [0.29, 0.717) is 26.2 Å². The number of nitrogens with one attached hydrogen (secondary N) is 2. The SMILES string of the molecule is CCN1C[C@@H](C(=O)NCCNc2ccc([N+](=O)[O-])cc2)CC1=O. The first-order chi connectivity index (χ1) is 11.0. The fraction of sp³-hybridized carbons (Fsp3) is 0.467. The number of nitrogens with zero attached hydrogens (tertiary/aromatic N) is 2. The fourth-order valence-corrected chi connectivity index (χ4v) is 2.49. The van der Waals surface area contributed by atoms with Crippen molar-refractivity contribution < 1.29 is 14.5 Å². The number of anilines is 1. The summed E-state index contributed by atoms with van der Waals surface area (Å²) in [5, 5.41) is 16.4. The largest absolute Gasteiger partial charge is 0.383 e. The van der Waals surface area contributed by atoms with Crippen molar-refractivity contribution in [3.63, 3.8) is 0 Å². The van der Waals surface area contributed by atoms with Gasteiger partial charge in [-0.15, -0.1) is 0 Å². The zero-order valence-electron chi connectivity index (χ0n) is 12.9. The van der Waals surface area contributed by atoms with Crippen molar-refractivity contribution in [2.24, 2.45) is 5.92 Å². The molecule has 23 heavy (non-hydrogen) atoms. The molecule has 0 aromatic heterocycles. The molecule has 1 fully saturated rings. The molecule has 2 rings (SSSR count). The first-order valence-corrected chi connectivity index (χ1v) is 7.55. The highest BCUT2D eigenvalue weighted by Gasteiger charge is 2.32. The lowest BCUT2D eigenvalue weighted by Crippen LogP contribution is -2.35. The predicted molar refractivity (Wildman–Crippen MR) is 85.0 cm³/mol. The number of rotatable bonds is 7.